The average molecular weight is 454 g/mol. The largest absolute Gasteiger partial charge is 0.507 e. The van der Waals surface area contributed by atoms with E-state index < -0.39 is 0 Å². The molecular formula is C30H47NO2. The molecule has 0 aromatic heterocycles. The molecule has 3 N–H and O–H groups in total. The quantitative estimate of drug-likeness (QED) is 0.447. The van der Waals surface area contributed by atoms with Crippen LogP contribution in [-0.4, -0.2) is 10.2 Å². The highest BCUT2D eigenvalue weighted by molar-refractivity contribution is 5.50. The highest BCUT2D eigenvalue weighted by Crippen LogP contribution is 2.39. The van der Waals surface area contributed by atoms with Gasteiger partial charge in [0.15, 0.2) is 0 Å². The molecule has 0 bridgehead atoms. The van der Waals surface area contributed by atoms with Crippen LogP contribution in [0.5, 0.6) is 11.5 Å². The van der Waals surface area contributed by atoms with Crippen LogP contribution in [0.2, 0.25) is 0 Å². The normalized spacial score (nSPS) is 13.5. The van der Waals surface area contributed by atoms with E-state index in [1.165, 1.54) is 11.1 Å². The van der Waals surface area contributed by atoms with Crippen molar-refractivity contribution in [3.05, 3.63) is 57.6 Å². The number of rotatable bonds is 4. The molecule has 0 amide bonds. The third-order valence-electron chi connectivity index (χ3n) is 6.36. The summed E-state index contributed by atoms with van der Waals surface area (Å²) in [6, 6.07) is 8.52. The number of hydrogen-bond donors (Lipinski definition) is 3. The van der Waals surface area contributed by atoms with Gasteiger partial charge in [-0.1, -0.05) is 107 Å². The van der Waals surface area contributed by atoms with Crippen LogP contribution in [0.25, 0.3) is 0 Å². The van der Waals surface area contributed by atoms with Crippen LogP contribution < -0.4 is 5.32 Å². The van der Waals surface area contributed by atoms with Gasteiger partial charge in [0, 0.05) is 24.2 Å². The third-order valence-corrected chi connectivity index (χ3v) is 6.36. The van der Waals surface area contributed by atoms with Crippen molar-refractivity contribution in [3.8, 4) is 11.5 Å². The highest BCUT2D eigenvalue weighted by atomic mass is 16.3. The zero-order valence-electron chi connectivity index (χ0n) is 23.1. The minimum Gasteiger partial charge on any atom is -0.507 e. The van der Waals surface area contributed by atoms with Crippen molar-refractivity contribution in [2.75, 3.05) is 0 Å². The van der Waals surface area contributed by atoms with E-state index in [0.29, 0.717) is 24.6 Å². The molecule has 0 fully saturated rings. The molecule has 33 heavy (non-hydrogen) atoms. The molecule has 0 saturated carbocycles. The fourth-order valence-corrected chi connectivity index (χ4v) is 4.00. The molecule has 0 spiro atoms. The minimum atomic E-state index is -0.152. The van der Waals surface area contributed by atoms with E-state index in [1.54, 1.807) is 0 Å². The fourth-order valence-electron chi connectivity index (χ4n) is 4.00. The van der Waals surface area contributed by atoms with Gasteiger partial charge >= 0.3 is 0 Å². The lowest BCUT2D eigenvalue weighted by molar-refractivity contribution is 0.430. The van der Waals surface area contributed by atoms with Gasteiger partial charge in [0.2, 0.25) is 0 Å². The molecule has 0 radical (unpaired) electrons. The molecule has 0 unspecified atom stereocenters. The maximum Gasteiger partial charge on any atom is 0.123 e. The van der Waals surface area contributed by atoms with Crippen LogP contribution in [0.4, 0.5) is 0 Å². The summed E-state index contributed by atoms with van der Waals surface area (Å²) in [5.74, 6) is 0.733. The Balaban J connectivity index is 2.43. The molecular weight excluding hydrogens is 406 g/mol. The first-order valence-corrected chi connectivity index (χ1v) is 12.2. The maximum atomic E-state index is 11.1. The Morgan fingerprint density at radius 2 is 0.818 bits per heavy atom. The minimum absolute atomic E-state index is 0.0105. The summed E-state index contributed by atoms with van der Waals surface area (Å²) in [5, 5.41) is 25.7. The van der Waals surface area contributed by atoms with Crippen LogP contribution in [0, 0.1) is 0 Å². The van der Waals surface area contributed by atoms with Crippen LogP contribution in [-0.2, 0) is 34.7 Å². The average Bonchev–Trinajstić information content (AvgIpc) is 2.60. The van der Waals surface area contributed by atoms with Gasteiger partial charge in [0.05, 0.1) is 0 Å². The second-order valence-electron chi connectivity index (χ2n) is 13.7. The van der Waals surface area contributed by atoms with Gasteiger partial charge in [0.1, 0.15) is 11.5 Å². The molecule has 0 saturated heterocycles. The Hall–Kier alpha value is -2.00. The van der Waals surface area contributed by atoms with Crippen LogP contribution >= 0.6 is 0 Å². The van der Waals surface area contributed by atoms with E-state index in [2.05, 4.69) is 113 Å². The number of phenolic OH excluding ortho intramolecular Hbond substituents is 2. The van der Waals surface area contributed by atoms with Crippen LogP contribution in [0.3, 0.4) is 0 Å². The number of hydrogen-bond acceptors (Lipinski definition) is 3. The number of nitrogens with one attached hydrogen (secondary N) is 1. The van der Waals surface area contributed by atoms with Gasteiger partial charge in [-0.15, -0.1) is 0 Å². The van der Waals surface area contributed by atoms with Crippen molar-refractivity contribution in [3.63, 3.8) is 0 Å². The zero-order valence-corrected chi connectivity index (χ0v) is 23.1. The monoisotopic (exact) mass is 453 g/mol. The van der Waals surface area contributed by atoms with E-state index >= 15 is 0 Å². The van der Waals surface area contributed by atoms with Gasteiger partial charge in [-0.25, -0.2) is 0 Å². The Morgan fingerprint density at radius 1 is 0.515 bits per heavy atom. The number of aromatic hydroxyl groups is 2. The highest BCUT2D eigenvalue weighted by Gasteiger charge is 2.26. The van der Waals surface area contributed by atoms with E-state index in [0.717, 1.165) is 22.3 Å². The second kappa shape index (κ2) is 8.98. The van der Waals surface area contributed by atoms with Gasteiger partial charge in [-0.3, -0.25) is 0 Å². The summed E-state index contributed by atoms with van der Waals surface area (Å²) >= 11 is 0. The Morgan fingerprint density at radius 3 is 1.06 bits per heavy atom. The van der Waals surface area contributed by atoms with Gasteiger partial charge in [-0.05, 0) is 43.9 Å². The summed E-state index contributed by atoms with van der Waals surface area (Å²) in [7, 11) is 0. The lowest BCUT2D eigenvalue weighted by atomic mass is 9.78. The van der Waals surface area contributed by atoms with Crippen molar-refractivity contribution in [2.45, 2.75) is 118 Å². The van der Waals surface area contributed by atoms with Crippen molar-refractivity contribution < 1.29 is 10.2 Å². The Kier molecular flexibility index (Phi) is 7.42. The molecule has 0 aliphatic rings. The molecule has 3 heteroatoms. The van der Waals surface area contributed by atoms with Crippen molar-refractivity contribution in [2.24, 2.45) is 0 Å². The first-order chi connectivity index (χ1) is 14.7. The van der Waals surface area contributed by atoms with Crippen molar-refractivity contribution >= 4 is 0 Å². The summed E-state index contributed by atoms with van der Waals surface area (Å²) in [6.45, 7) is 27.1. The molecule has 184 valence electrons. The maximum absolute atomic E-state index is 11.1. The van der Waals surface area contributed by atoms with E-state index in [-0.39, 0.29) is 21.7 Å². The zero-order chi connectivity index (χ0) is 25.6. The predicted molar refractivity (Wildman–Crippen MR) is 142 cm³/mol. The molecule has 3 nitrogen and oxygen atoms in total. The summed E-state index contributed by atoms with van der Waals surface area (Å²) in [5.41, 5.74) is 5.85. The molecule has 0 aliphatic carbocycles. The lowest BCUT2D eigenvalue weighted by Gasteiger charge is -2.28. The smallest absolute Gasteiger partial charge is 0.123 e. The molecule has 2 rings (SSSR count). The Bertz CT molecular complexity index is 909. The molecule has 2 aromatic carbocycles. The first-order valence-electron chi connectivity index (χ1n) is 12.2. The van der Waals surface area contributed by atoms with Crippen LogP contribution in [0.15, 0.2) is 24.3 Å². The molecule has 2 aromatic rings. The topological polar surface area (TPSA) is 52.5 Å². The first kappa shape index (κ1) is 27.2. The van der Waals surface area contributed by atoms with E-state index in [1.807, 2.05) is 0 Å². The molecule has 0 atom stereocenters. The fraction of sp³-hybridized carbons (Fsp3) is 0.600. The van der Waals surface area contributed by atoms with Gasteiger partial charge < -0.3 is 15.5 Å². The summed E-state index contributed by atoms with van der Waals surface area (Å²) in [4.78, 5) is 0. The van der Waals surface area contributed by atoms with Gasteiger partial charge in [-0.2, -0.15) is 0 Å². The third kappa shape index (κ3) is 6.53. The van der Waals surface area contributed by atoms with E-state index in [4.69, 9.17) is 0 Å². The van der Waals surface area contributed by atoms with Crippen LogP contribution in [0.1, 0.15) is 116 Å². The lowest BCUT2D eigenvalue weighted by Crippen LogP contribution is -2.21. The number of benzene rings is 2. The second-order valence-corrected chi connectivity index (χ2v) is 13.7. The standard InChI is InChI=1S/C30H47NO2/c1-27(2,3)21-13-19(25(32)23(15-21)29(7,8)9)17-31-18-20-14-22(28(4,5)6)16-24(26(20)33)30(10,11)12/h13-16,31-33H,17-18H2,1-12H3. The summed E-state index contributed by atoms with van der Waals surface area (Å²) < 4.78 is 0. The van der Waals surface area contributed by atoms with E-state index in [9.17, 15) is 10.2 Å². The Labute approximate surface area is 202 Å². The predicted octanol–water partition coefficient (Wildman–Crippen LogP) is 7.58. The SMILES string of the molecule is CC(C)(C)c1cc(CNCc2cc(C(C)(C)C)cc(C(C)(C)C)c2O)c(O)c(C(C)(C)C)c1. The summed E-state index contributed by atoms with van der Waals surface area (Å²) in [6.07, 6.45) is 0. The molecule has 0 heterocycles. The van der Waals surface area contributed by atoms with Crippen molar-refractivity contribution in [1.29, 1.82) is 0 Å². The number of phenols is 2. The molecule has 0 aliphatic heterocycles. The van der Waals surface area contributed by atoms with Gasteiger partial charge in [0.25, 0.3) is 0 Å². The van der Waals surface area contributed by atoms with Crippen molar-refractivity contribution in [1.82, 2.24) is 5.32 Å².